The van der Waals surface area contributed by atoms with Gasteiger partial charge in [-0.1, -0.05) is 12.8 Å². The number of carbonyl (C=O) groups is 3. The van der Waals surface area contributed by atoms with Gasteiger partial charge in [0.25, 0.3) is 0 Å². The van der Waals surface area contributed by atoms with Gasteiger partial charge in [0.1, 0.15) is 0 Å². The zero-order valence-corrected chi connectivity index (χ0v) is 12.0. The van der Waals surface area contributed by atoms with Gasteiger partial charge in [-0.25, -0.2) is 4.79 Å². The fraction of sp³-hybridized carbons (Fsp3) is 0.786. The topological polar surface area (TPSA) is 115 Å². The number of aliphatic carboxylic acids is 2. The summed E-state index contributed by atoms with van der Waals surface area (Å²) in [6, 6.07) is 0. The van der Waals surface area contributed by atoms with E-state index >= 15 is 0 Å². The Bertz CT molecular complexity index is 356. The zero-order chi connectivity index (χ0) is 15.8. The van der Waals surface area contributed by atoms with Crippen molar-refractivity contribution in [1.29, 1.82) is 0 Å². The molecule has 0 aliphatic carbocycles. The molecule has 1 aliphatic rings. The molecule has 1 amide bonds. The van der Waals surface area contributed by atoms with Gasteiger partial charge in [0.05, 0.1) is 11.8 Å². The molecule has 0 aromatic heterocycles. The van der Waals surface area contributed by atoms with Crippen LogP contribution in [0.4, 0.5) is 4.79 Å². The predicted molar refractivity (Wildman–Crippen MR) is 74.2 cm³/mol. The summed E-state index contributed by atoms with van der Waals surface area (Å²) in [7, 11) is 0. The highest BCUT2D eigenvalue weighted by molar-refractivity contribution is 5.71. The second kappa shape index (κ2) is 8.49. The molecular weight excluding hydrogens is 278 g/mol. The van der Waals surface area contributed by atoms with E-state index in [2.05, 4.69) is 0 Å². The van der Waals surface area contributed by atoms with Crippen LogP contribution in [0.25, 0.3) is 0 Å². The van der Waals surface area contributed by atoms with Crippen LogP contribution >= 0.6 is 0 Å². The molecule has 120 valence electrons. The van der Waals surface area contributed by atoms with Crippen LogP contribution in [0.1, 0.15) is 44.9 Å². The van der Waals surface area contributed by atoms with Crippen LogP contribution in [-0.4, -0.2) is 51.3 Å². The fourth-order valence-electron chi connectivity index (χ4n) is 2.67. The number of hydrogen-bond donors (Lipinski definition) is 3. The molecule has 0 aromatic carbocycles. The van der Waals surface area contributed by atoms with E-state index in [4.69, 9.17) is 10.2 Å². The van der Waals surface area contributed by atoms with E-state index in [0.29, 0.717) is 25.8 Å². The standard InChI is InChI=1S/C14H23NO6/c16-12(17)10-4-2-1-3-8-15(14(20)21)9-7-11(6-5-10)13(18)19/h10-11H,1-9H2,(H,16,17)(H,18,19)(H,20,21). The Morgan fingerprint density at radius 3 is 1.81 bits per heavy atom. The quantitative estimate of drug-likeness (QED) is 0.719. The molecule has 7 heteroatoms. The van der Waals surface area contributed by atoms with Gasteiger partial charge in [-0.15, -0.1) is 0 Å². The Hall–Kier alpha value is -1.79. The van der Waals surface area contributed by atoms with E-state index in [9.17, 15) is 19.5 Å². The van der Waals surface area contributed by atoms with Crippen LogP contribution in [0.2, 0.25) is 0 Å². The smallest absolute Gasteiger partial charge is 0.407 e. The van der Waals surface area contributed by atoms with Crippen molar-refractivity contribution in [3.8, 4) is 0 Å². The number of carboxylic acids is 2. The maximum atomic E-state index is 11.2. The second-order valence-corrected chi connectivity index (χ2v) is 5.56. The largest absolute Gasteiger partial charge is 0.481 e. The average Bonchev–Trinajstić information content (AvgIpc) is 2.38. The molecule has 1 saturated heterocycles. The van der Waals surface area contributed by atoms with E-state index in [1.54, 1.807) is 0 Å². The van der Waals surface area contributed by atoms with Crippen molar-refractivity contribution in [2.24, 2.45) is 11.8 Å². The summed E-state index contributed by atoms with van der Waals surface area (Å²) < 4.78 is 0. The third kappa shape index (κ3) is 6.01. The van der Waals surface area contributed by atoms with Gasteiger partial charge in [0.15, 0.2) is 0 Å². The summed E-state index contributed by atoms with van der Waals surface area (Å²) in [6.45, 7) is 0.559. The van der Waals surface area contributed by atoms with Gasteiger partial charge in [0, 0.05) is 13.1 Å². The van der Waals surface area contributed by atoms with Crippen molar-refractivity contribution in [1.82, 2.24) is 4.90 Å². The average molecular weight is 301 g/mol. The minimum Gasteiger partial charge on any atom is -0.481 e. The minimum atomic E-state index is -1.03. The first-order chi connectivity index (χ1) is 9.91. The number of rotatable bonds is 2. The second-order valence-electron chi connectivity index (χ2n) is 5.56. The molecule has 1 fully saturated rings. The maximum absolute atomic E-state index is 11.2. The van der Waals surface area contributed by atoms with Crippen molar-refractivity contribution in [3.63, 3.8) is 0 Å². The lowest BCUT2D eigenvalue weighted by Gasteiger charge is -2.23. The first kappa shape index (κ1) is 17.3. The Morgan fingerprint density at radius 2 is 1.29 bits per heavy atom. The van der Waals surface area contributed by atoms with Crippen molar-refractivity contribution in [2.45, 2.75) is 44.9 Å². The number of carboxylic acid groups (broad SMARTS) is 3. The van der Waals surface area contributed by atoms with Crippen molar-refractivity contribution >= 4 is 18.0 Å². The highest BCUT2D eigenvalue weighted by atomic mass is 16.4. The number of hydrogen-bond acceptors (Lipinski definition) is 3. The molecule has 0 spiro atoms. The van der Waals surface area contributed by atoms with Crippen LogP contribution in [0, 0.1) is 11.8 Å². The molecular formula is C14H23NO6. The molecule has 0 saturated carbocycles. The van der Waals surface area contributed by atoms with E-state index in [1.807, 2.05) is 0 Å². The maximum Gasteiger partial charge on any atom is 0.407 e. The summed E-state index contributed by atoms with van der Waals surface area (Å²) in [5, 5.41) is 27.4. The minimum absolute atomic E-state index is 0.185. The van der Waals surface area contributed by atoms with Crippen LogP contribution in [0.5, 0.6) is 0 Å². The summed E-state index contributed by atoms with van der Waals surface area (Å²) in [6.07, 6.45) is 2.52. The van der Waals surface area contributed by atoms with Crippen molar-refractivity contribution in [2.75, 3.05) is 13.1 Å². The van der Waals surface area contributed by atoms with Gasteiger partial charge in [-0.2, -0.15) is 0 Å². The van der Waals surface area contributed by atoms with Crippen LogP contribution in [0.15, 0.2) is 0 Å². The molecule has 3 N–H and O–H groups in total. The van der Waals surface area contributed by atoms with E-state index in [0.717, 1.165) is 12.8 Å². The lowest BCUT2D eigenvalue weighted by molar-refractivity contribution is -0.145. The van der Waals surface area contributed by atoms with Crippen molar-refractivity contribution in [3.05, 3.63) is 0 Å². The Labute approximate surface area is 123 Å². The lowest BCUT2D eigenvalue weighted by atomic mass is 9.90. The molecule has 2 unspecified atom stereocenters. The van der Waals surface area contributed by atoms with E-state index in [-0.39, 0.29) is 19.4 Å². The molecule has 21 heavy (non-hydrogen) atoms. The predicted octanol–water partition coefficient (Wildman–Crippen LogP) is 2.11. The SMILES string of the molecule is O=C(O)C1CCCCCN(C(=O)O)CCC(C(=O)O)CC1. The Kier molecular flexibility index (Phi) is 6.98. The first-order valence-electron chi connectivity index (χ1n) is 7.35. The molecule has 1 heterocycles. The fourth-order valence-corrected chi connectivity index (χ4v) is 2.67. The number of nitrogens with zero attached hydrogens (tertiary/aromatic N) is 1. The van der Waals surface area contributed by atoms with Crippen LogP contribution in [0.3, 0.4) is 0 Å². The third-order valence-electron chi connectivity index (χ3n) is 4.06. The summed E-state index contributed by atoms with van der Waals surface area (Å²) in [5.41, 5.74) is 0. The molecule has 1 rings (SSSR count). The highest BCUT2D eigenvalue weighted by Crippen LogP contribution is 2.22. The molecule has 7 nitrogen and oxygen atoms in total. The molecule has 1 aliphatic heterocycles. The normalized spacial score (nSPS) is 25.4. The summed E-state index contributed by atoms with van der Waals surface area (Å²) >= 11 is 0. The summed E-state index contributed by atoms with van der Waals surface area (Å²) in [5.74, 6) is -3.04. The molecule has 2 atom stereocenters. The molecule has 0 aromatic rings. The summed E-state index contributed by atoms with van der Waals surface area (Å²) in [4.78, 5) is 34.7. The monoisotopic (exact) mass is 301 g/mol. The van der Waals surface area contributed by atoms with Gasteiger partial charge in [0.2, 0.25) is 0 Å². The van der Waals surface area contributed by atoms with E-state index < -0.39 is 29.9 Å². The zero-order valence-electron chi connectivity index (χ0n) is 12.0. The Morgan fingerprint density at radius 1 is 0.714 bits per heavy atom. The molecule has 0 bridgehead atoms. The number of amides is 1. The van der Waals surface area contributed by atoms with Crippen LogP contribution in [-0.2, 0) is 9.59 Å². The third-order valence-corrected chi connectivity index (χ3v) is 4.06. The van der Waals surface area contributed by atoms with Gasteiger partial charge in [-0.05, 0) is 32.1 Å². The Balaban J connectivity index is 2.71. The van der Waals surface area contributed by atoms with Gasteiger partial charge >= 0.3 is 18.0 Å². The van der Waals surface area contributed by atoms with Gasteiger partial charge in [-0.3, -0.25) is 9.59 Å². The van der Waals surface area contributed by atoms with Crippen molar-refractivity contribution < 1.29 is 29.7 Å². The highest BCUT2D eigenvalue weighted by Gasteiger charge is 2.25. The van der Waals surface area contributed by atoms with E-state index in [1.165, 1.54) is 4.90 Å². The first-order valence-corrected chi connectivity index (χ1v) is 7.35. The van der Waals surface area contributed by atoms with Crippen LogP contribution < -0.4 is 0 Å². The van der Waals surface area contributed by atoms with Gasteiger partial charge < -0.3 is 20.2 Å². The molecule has 0 radical (unpaired) electrons. The lowest BCUT2D eigenvalue weighted by Crippen LogP contribution is -2.34.